The number of rotatable bonds is 4. The van der Waals surface area contributed by atoms with Crippen LogP contribution in [0.2, 0.25) is 0 Å². The van der Waals surface area contributed by atoms with Gasteiger partial charge in [0.25, 0.3) is 0 Å². The lowest BCUT2D eigenvalue weighted by molar-refractivity contribution is 0.464. The molecule has 2 rings (SSSR count). The first kappa shape index (κ1) is 13.5. The van der Waals surface area contributed by atoms with Crippen molar-refractivity contribution >= 4 is 5.69 Å². The Kier molecular flexibility index (Phi) is 4.10. The molecule has 0 heterocycles. The van der Waals surface area contributed by atoms with Crippen LogP contribution in [-0.4, -0.2) is 12.2 Å². The minimum absolute atomic E-state index is 0.430. The van der Waals surface area contributed by atoms with Gasteiger partial charge in [-0.1, -0.05) is 37.3 Å². The van der Waals surface area contributed by atoms with E-state index in [0.29, 0.717) is 5.75 Å². The highest BCUT2D eigenvalue weighted by atomic mass is 16.3. The number of anilines is 1. The molecule has 2 nitrogen and oxygen atoms in total. The van der Waals surface area contributed by atoms with Gasteiger partial charge in [-0.3, -0.25) is 0 Å². The van der Waals surface area contributed by atoms with Gasteiger partial charge in [-0.25, -0.2) is 0 Å². The minimum Gasteiger partial charge on any atom is -0.507 e. The van der Waals surface area contributed by atoms with Gasteiger partial charge in [-0.05, 0) is 42.2 Å². The average molecular weight is 255 g/mol. The minimum atomic E-state index is 0.430. The first-order chi connectivity index (χ1) is 9.11. The van der Waals surface area contributed by atoms with E-state index >= 15 is 0 Å². The maximum absolute atomic E-state index is 9.97. The number of phenolic OH excluding ortho intramolecular Hbond substituents is 1. The van der Waals surface area contributed by atoms with Crippen molar-refractivity contribution in [2.75, 3.05) is 11.9 Å². The molecule has 0 atom stereocenters. The van der Waals surface area contributed by atoms with E-state index in [9.17, 15) is 5.11 Å². The fourth-order valence-electron chi connectivity index (χ4n) is 2.27. The summed E-state index contributed by atoms with van der Waals surface area (Å²) in [6.07, 6.45) is 0.847. The zero-order valence-corrected chi connectivity index (χ0v) is 11.9. The van der Waals surface area contributed by atoms with Gasteiger partial charge in [0.2, 0.25) is 0 Å². The summed E-state index contributed by atoms with van der Waals surface area (Å²) < 4.78 is 0. The van der Waals surface area contributed by atoms with Crippen molar-refractivity contribution in [2.45, 2.75) is 26.8 Å². The molecule has 0 amide bonds. The van der Waals surface area contributed by atoms with Gasteiger partial charge in [0.15, 0.2) is 0 Å². The number of benzene rings is 2. The summed E-state index contributed by atoms with van der Waals surface area (Å²) in [7, 11) is 2.08. The van der Waals surface area contributed by atoms with Crippen molar-refractivity contribution in [2.24, 2.45) is 0 Å². The molecule has 1 N–H and O–H groups in total. The van der Waals surface area contributed by atoms with Crippen molar-refractivity contribution < 1.29 is 5.11 Å². The topological polar surface area (TPSA) is 23.5 Å². The molecule has 0 fully saturated rings. The molecule has 0 saturated carbocycles. The first-order valence-corrected chi connectivity index (χ1v) is 6.69. The fourth-order valence-corrected chi connectivity index (χ4v) is 2.27. The predicted octanol–water partition coefficient (Wildman–Crippen LogP) is 3.90. The second-order valence-electron chi connectivity index (χ2n) is 4.97. The second-order valence-corrected chi connectivity index (χ2v) is 4.97. The molecule has 2 aromatic rings. The molecule has 0 aliphatic rings. The number of phenols is 1. The fraction of sp³-hybridized carbons (Fsp3) is 0.294. The lowest BCUT2D eigenvalue weighted by Crippen LogP contribution is -2.16. The van der Waals surface area contributed by atoms with Crippen LogP contribution in [0.15, 0.2) is 42.5 Å². The summed E-state index contributed by atoms with van der Waals surface area (Å²) in [5.74, 6) is 0.430. The smallest absolute Gasteiger partial charge is 0.121 e. The van der Waals surface area contributed by atoms with Gasteiger partial charge in [-0.15, -0.1) is 0 Å². The molecule has 2 heteroatoms. The molecule has 0 spiro atoms. The number of hydrogen-bond donors (Lipinski definition) is 1. The highest BCUT2D eigenvalue weighted by Gasteiger charge is 2.09. The summed E-state index contributed by atoms with van der Waals surface area (Å²) in [6.45, 7) is 4.89. The third-order valence-corrected chi connectivity index (χ3v) is 3.45. The standard InChI is InChI=1S/C17H21NO/c1-4-15-11-16(10-13(2)17(15)19)18(3)12-14-8-6-5-7-9-14/h5-11,19H,4,12H2,1-3H3. The molecule has 19 heavy (non-hydrogen) atoms. The summed E-state index contributed by atoms with van der Waals surface area (Å²) in [5.41, 5.74) is 4.38. The predicted molar refractivity (Wildman–Crippen MR) is 80.8 cm³/mol. The number of hydrogen-bond acceptors (Lipinski definition) is 2. The van der Waals surface area contributed by atoms with Crippen LogP contribution in [0.5, 0.6) is 5.75 Å². The van der Waals surface area contributed by atoms with Crippen molar-refractivity contribution in [3.8, 4) is 5.75 Å². The summed E-state index contributed by atoms with van der Waals surface area (Å²) in [5, 5.41) is 9.97. The molecule has 2 aromatic carbocycles. The normalized spacial score (nSPS) is 10.5. The molecule has 0 aliphatic heterocycles. The molecular weight excluding hydrogens is 234 g/mol. The maximum Gasteiger partial charge on any atom is 0.121 e. The van der Waals surface area contributed by atoms with Crippen molar-refractivity contribution in [1.82, 2.24) is 0 Å². The number of nitrogens with zero attached hydrogens (tertiary/aromatic N) is 1. The molecule has 0 unspecified atom stereocenters. The van der Waals surface area contributed by atoms with Gasteiger partial charge in [0.05, 0.1) is 0 Å². The van der Waals surface area contributed by atoms with Crippen LogP contribution >= 0.6 is 0 Å². The van der Waals surface area contributed by atoms with Crippen molar-refractivity contribution in [3.05, 3.63) is 59.2 Å². The third-order valence-electron chi connectivity index (χ3n) is 3.45. The zero-order valence-electron chi connectivity index (χ0n) is 11.9. The first-order valence-electron chi connectivity index (χ1n) is 6.69. The number of aryl methyl sites for hydroxylation is 2. The lowest BCUT2D eigenvalue weighted by Gasteiger charge is -2.21. The van der Waals surface area contributed by atoms with E-state index in [1.54, 1.807) is 0 Å². The van der Waals surface area contributed by atoms with Crippen molar-refractivity contribution in [3.63, 3.8) is 0 Å². The van der Waals surface area contributed by atoms with Crippen LogP contribution in [-0.2, 0) is 13.0 Å². The quantitative estimate of drug-likeness (QED) is 0.895. The van der Waals surface area contributed by atoms with Crippen LogP contribution in [0.4, 0.5) is 5.69 Å². The van der Waals surface area contributed by atoms with E-state index in [-0.39, 0.29) is 0 Å². The highest BCUT2D eigenvalue weighted by molar-refractivity contribution is 5.56. The monoisotopic (exact) mass is 255 g/mol. The molecule has 0 aliphatic carbocycles. The van der Waals surface area contributed by atoms with Crippen LogP contribution in [0.3, 0.4) is 0 Å². The van der Waals surface area contributed by atoms with E-state index in [1.165, 1.54) is 5.56 Å². The van der Waals surface area contributed by atoms with Gasteiger partial charge in [0.1, 0.15) is 5.75 Å². The maximum atomic E-state index is 9.97. The Bertz CT molecular complexity index is 549. The highest BCUT2D eigenvalue weighted by Crippen LogP contribution is 2.29. The van der Waals surface area contributed by atoms with Crippen LogP contribution in [0.25, 0.3) is 0 Å². The number of aromatic hydroxyl groups is 1. The largest absolute Gasteiger partial charge is 0.507 e. The van der Waals surface area contributed by atoms with Gasteiger partial charge in [-0.2, -0.15) is 0 Å². The Balaban J connectivity index is 2.24. The lowest BCUT2D eigenvalue weighted by atomic mass is 10.1. The molecule has 0 radical (unpaired) electrons. The molecule has 0 saturated heterocycles. The van der Waals surface area contributed by atoms with Gasteiger partial charge in [0, 0.05) is 19.3 Å². The summed E-state index contributed by atoms with van der Waals surface area (Å²) >= 11 is 0. The van der Waals surface area contributed by atoms with Gasteiger partial charge >= 0.3 is 0 Å². The van der Waals surface area contributed by atoms with Gasteiger partial charge < -0.3 is 10.0 Å². The summed E-state index contributed by atoms with van der Waals surface area (Å²) in [6, 6.07) is 14.5. The van der Waals surface area contributed by atoms with E-state index in [1.807, 2.05) is 19.1 Å². The van der Waals surface area contributed by atoms with E-state index < -0.39 is 0 Å². The molecule has 100 valence electrons. The molecular formula is C17H21NO. The van der Waals surface area contributed by atoms with Crippen LogP contribution in [0.1, 0.15) is 23.6 Å². The molecule has 0 aromatic heterocycles. The Morgan fingerprint density at radius 2 is 1.79 bits per heavy atom. The Morgan fingerprint density at radius 3 is 2.42 bits per heavy atom. The second kappa shape index (κ2) is 5.79. The Labute approximate surface area is 115 Å². The Morgan fingerprint density at radius 1 is 1.11 bits per heavy atom. The SMILES string of the molecule is CCc1cc(N(C)Cc2ccccc2)cc(C)c1O. The summed E-state index contributed by atoms with van der Waals surface area (Å²) in [4.78, 5) is 2.21. The van der Waals surface area contributed by atoms with Crippen LogP contribution < -0.4 is 4.90 Å². The van der Waals surface area contributed by atoms with E-state index in [0.717, 1.165) is 29.8 Å². The Hall–Kier alpha value is -1.96. The zero-order chi connectivity index (χ0) is 13.8. The average Bonchev–Trinajstić information content (AvgIpc) is 2.42. The van der Waals surface area contributed by atoms with E-state index in [4.69, 9.17) is 0 Å². The molecule has 0 bridgehead atoms. The third kappa shape index (κ3) is 3.08. The van der Waals surface area contributed by atoms with Crippen molar-refractivity contribution in [1.29, 1.82) is 0 Å². The van der Waals surface area contributed by atoms with E-state index in [2.05, 4.69) is 49.2 Å². The van der Waals surface area contributed by atoms with Crippen LogP contribution in [0, 0.1) is 6.92 Å².